The standard InChI is InChI=1S/C12H22N2OS/c1-9(15)13(3)11-7-5-6-8-12(11)14(4)10(2)16/h11-12H,5-8H2,1-4H3. The molecular formula is C12H22N2OS. The number of carbonyl (C=O) groups is 1. The Balaban J connectivity index is 2.78. The number of hydrogen-bond acceptors (Lipinski definition) is 2. The average molecular weight is 242 g/mol. The highest BCUT2D eigenvalue weighted by molar-refractivity contribution is 7.80. The van der Waals surface area contributed by atoms with E-state index in [0.717, 1.165) is 17.8 Å². The van der Waals surface area contributed by atoms with Gasteiger partial charge in [-0.1, -0.05) is 25.1 Å². The van der Waals surface area contributed by atoms with Gasteiger partial charge in [-0.15, -0.1) is 0 Å². The summed E-state index contributed by atoms with van der Waals surface area (Å²) >= 11 is 5.23. The second-order valence-electron chi connectivity index (χ2n) is 4.68. The largest absolute Gasteiger partial charge is 0.364 e. The second-order valence-corrected chi connectivity index (χ2v) is 5.27. The third kappa shape index (κ3) is 2.94. The molecule has 92 valence electrons. The number of carbonyl (C=O) groups excluding carboxylic acids is 1. The number of hydrogen-bond donors (Lipinski definition) is 0. The molecule has 0 aromatic heterocycles. The molecule has 2 atom stereocenters. The molecule has 16 heavy (non-hydrogen) atoms. The van der Waals surface area contributed by atoms with Gasteiger partial charge in [-0.2, -0.15) is 0 Å². The number of rotatable bonds is 2. The fourth-order valence-electron chi connectivity index (χ4n) is 2.46. The lowest BCUT2D eigenvalue weighted by Crippen LogP contribution is -2.53. The van der Waals surface area contributed by atoms with E-state index < -0.39 is 0 Å². The Hall–Kier alpha value is -0.640. The van der Waals surface area contributed by atoms with Gasteiger partial charge in [0.1, 0.15) is 0 Å². The summed E-state index contributed by atoms with van der Waals surface area (Å²) in [6.45, 7) is 3.59. The lowest BCUT2D eigenvalue weighted by atomic mass is 9.88. The maximum atomic E-state index is 11.5. The summed E-state index contributed by atoms with van der Waals surface area (Å²) < 4.78 is 0. The van der Waals surface area contributed by atoms with Crippen molar-refractivity contribution in [3.05, 3.63) is 0 Å². The Labute approximate surface area is 104 Å². The molecule has 0 aliphatic heterocycles. The predicted octanol–water partition coefficient (Wildman–Crippen LogP) is 2.06. The van der Waals surface area contributed by atoms with E-state index in [1.807, 2.05) is 25.9 Å². The summed E-state index contributed by atoms with van der Waals surface area (Å²) in [4.78, 5) is 16.4. The van der Waals surface area contributed by atoms with Crippen molar-refractivity contribution >= 4 is 23.1 Å². The maximum Gasteiger partial charge on any atom is 0.219 e. The fraction of sp³-hybridized carbons (Fsp3) is 0.833. The molecule has 0 bridgehead atoms. The lowest BCUT2D eigenvalue weighted by molar-refractivity contribution is -0.131. The van der Waals surface area contributed by atoms with E-state index in [2.05, 4.69) is 4.90 Å². The van der Waals surface area contributed by atoms with Crippen LogP contribution >= 0.6 is 12.2 Å². The molecule has 1 saturated carbocycles. The zero-order valence-corrected chi connectivity index (χ0v) is 11.5. The minimum Gasteiger partial charge on any atom is -0.364 e. The Bertz CT molecular complexity index is 252. The topological polar surface area (TPSA) is 23.6 Å². The monoisotopic (exact) mass is 242 g/mol. The summed E-state index contributed by atoms with van der Waals surface area (Å²) in [5.41, 5.74) is 0. The van der Waals surface area contributed by atoms with Gasteiger partial charge in [0.15, 0.2) is 0 Å². The third-order valence-electron chi connectivity index (χ3n) is 3.68. The van der Waals surface area contributed by atoms with E-state index >= 15 is 0 Å². The minimum atomic E-state index is 0.146. The average Bonchev–Trinajstić information content (AvgIpc) is 2.26. The number of thiocarbonyl (C=S) groups is 1. The Morgan fingerprint density at radius 3 is 1.88 bits per heavy atom. The Morgan fingerprint density at radius 2 is 1.50 bits per heavy atom. The molecular weight excluding hydrogens is 220 g/mol. The van der Waals surface area contributed by atoms with Crippen molar-refractivity contribution in [2.24, 2.45) is 0 Å². The van der Waals surface area contributed by atoms with Crippen LogP contribution in [0, 0.1) is 0 Å². The first-order valence-electron chi connectivity index (χ1n) is 5.92. The van der Waals surface area contributed by atoms with Crippen molar-refractivity contribution in [1.82, 2.24) is 9.80 Å². The van der Waals surface area contributed by atoms with Crippen LogP contribution in [0.2, 0.25) is 0 Å². The molecule has 0 aromatic carbocycles. The molecule has 0 radical (unpaired) electrons. The smallest absolute Gasteiger partial charge is 0.219 e. The molecule has 0 spiro atoms. The number of likely N-dealkylation sites (N-methyl/N-ethyl adjacent to an activating group) is 2. The SMILES string of the molecule is CC(=O)N(C)C1CCCCC1N(C)C(C)=S. The van der Waals surface area contributed by atoms with Crippen LogP contribution in [-0.4, -0.2) is 46.9 Å². The van der Waals surface area contributed by atoms with Crippen molar-refractivity contribution in [2.75, 3.05) is 14.1 Å². The van der Waals surface area contributed by atoms with E-state index in [4.69, 9.17) is 12.2 Å². The second kappa shape index (κ2) is 5.62. The van der Waals surface area contributed by atoms with Gasteiger partial charge in [0.05, 0.1) is 11.0 Å². The fourth-order valence-corrected chi connectivity index (χ4v) is 2.60. The van der Waals surface area contributed by atoms with E-state index in [-0.39, 0.29) is 5.91 Å². The molecule has 1 aliphatic rings. The highest BCUT2D eigenvalue weighted by Crippen LogP contribution is 2.26. The van der Waals surface area contributed by atoms with Gasteiger partial charge in [-0.3, -0.25) is 4.79 Å². The van der Waals surface area contributed by atoms with Gasteiger partial charge in [0.25, 0.3) is 0 Å². The molecule has 4 heteroatoms. The maximum absolute atomic E-state index is 11.5. The van der Waals surface area contributed by atoms with Crippen molar-refractivity contribution in [3.8, 4) is 0 Å². The first kappa shape index (κ1) is 13.4. The van der Waals surface area contributed by atoms with Crippen molar-refractivity contribution in [1.29, 1.82) is 0 Å². The zero-order chi connectivity index (χ0) is 12.3. The molecule has 1 fully saturated rings. The van der Waals surface area contributed by atoms with Gasteiger partial charge < -0.3 is 9.80 Å². The summed E-state index contributed by atoms with van der Waals surface area (Å²) in [5.74, 6) is 0.146. The molecule has 1 aliphatic carbocycles. The van der Waals surface area contributed by atoms with Crippen LogP contribution in [0.5, 0.6) is 0 Å². The summed E-state index contributed by atoms with van der Waals surface area (Å²) in [5, 5.41) is 0. The third-order valence-corrected chi connectivity index (χ3v) is 3.97. The summed E-state index contributed by atoms with van der Waals surface area (Å²) in [6, 6.07) is 0.703. The van der Waals surface area contributed by atoms with Crippen LogP contribution < -0.4 is 0 Å². The molecule has 1 amide bonds. The van der Waals surface area contributed by atoms with Crippen LogP contribution in [0.1, 0.15) is 39.5 Å². The van der Waals surface area contributed by atoms with Crippen molar-refractivity contribution < 1.29 is 4.79 Å². The molecule has 0 N–H and O–H groups in total. The van der Waals surface area contributed by atoms with Gasteiger partial charge in [0, 0.05) is 27.1 Å². The minimum absolute atomic E-state index is 0.146. The molecule has 2 unspecified atom stereocenters. The van der Waals surface area contributed by atoms with E-state index in [1.54, 1.807) is 6.92 Å². The zero-order valence-electron chi connectivity index (χ0n) is 10.7. The number of nitrogens with zero attached hydrogens (tertiary/aromatic N) is 2. The van der Waals surface area contributed by atoms with Crippen molar-refractivity contribution in [3.63, 3.8) is 0 Å². The molecule has 0 aromatic rings. The van der Waals surface area contributed by atoms with Crippen LogP contribution in [-0.2, 0) is 4.79 Å². The quantitative estimate of drug-likeness (QED) is 0.693. The van der Waals surface area contributed by atoms with Crippen LogP contribution in [0.3, 0.4) is 0 Å². The Kier molecular flexibility index (Phi) is 4.71. The van der Waals surface area contributed by atoms with Gasteiger partial charge in [-0.05, 0) is 19.8 Å². The predicted molar refractivity (Wildman–Crippen MR) is 70.5 cm³/mol. The first-order valence-corrected chi connectivity index (χ1v) is 6.32. The van der Waals surface area contributed by atoms with Crippen LogP contribution in [0.15, 0.2) is 0 Å². The Morgan fingerprint density at radius 1 is 1.06 bits per heavy atom. The normalized spacial score (nSPS) is 25.0. The lowest BCUT2D eigenvalue weighted by Gasteiger charge is -2.42. The summed E-state index contributed by atoms with van der Waals surface area (Å²) in [7, 11) is 3.94. The number of amides is 1. The molecule has 0 heterocycles. The summed E-state index contributed by atoms with van der Waals surface area (Å²) in [6.07, 6.45) is 4.67. The highest BCUT2D eigenvalue weighted by Gasteiger charge is 2.32. The van der Waals surface area contributed by atoms with Gasteiger partial charge in [0.2, 0.25) is 5.91 Å². The van der Waals surface area contributed by atoms with Gasteiger partial charge >= 0.3 is 0 Å². The first-order chi connectivity index (χ1) is 7.45. The van der Waals surface area contributed by atoms with E-state index in [0.29, 0.717) is 12.1 Å². The molecule has 1 rings (SSSR count). The molecule has 0 saturated heterocycles. The van der Waals surface area contributed by atoms with Crippen LogP contribution in [0.4, 0.5) is 0 Å². The highest BCUT2D eigenvalue weighted by atomic mass is 32.1. The van der Waals surface area contributed by atoms with E-state index in [1.165, 1.54) is 12.8 Å². The van der Waals surface area contributed by atoms with Crippen LogP contribution in [0.25, 0.3) is 0 Å². The van der Waals surface area contributed by atoms with Gasteiger partial charge in [-0.25, -0.2) is 0 Å². The van der Waals surface area contributed by atoms with Crippen molar-refractivity contribution in [2.45, 2.75) is 51.6 Å². The molecule has 3 nitrogen and oxygen atoms in total. The van der Waals surface area contributed by atoms with E-state index in [9.17, 15) is 4.79 Å².